The molecule has 0 saturated heterocycles. The van der Waals surface area contributed by atoms with Crippen molar-refractivity contribution in [1.82, 2.24) is 0 Å². The Morgan fingerprint density at radius 2 is 2.27 bits per heavy atom. The number of aliphatic hydroxyl groups excluding tert-OH is 1. The van der Waals surface area contributed by atoms with E-state index in [2.05, 4.69) is 21.2 Å². The van der Waals surface area contributed by atoms with Gasteiger partial charge in [-0.15, -0.1) is 0 Å². The maximum atomic E-state index is 13.2. The number of hydrogen-bond donors (Lipinski definition) is 2. The van der Waals surface area contributed by atoms with Crippen molar-refractivity contribution < 1.29 is 14.3 Å². The van der Waals surface area contributed by atoms with E-state index in [0.717, 1.165) is 0 Å². The van der Waals surface area contributed by atoms with Crippen LogP contribution >= 0.6 is 15.9 Å². The minimum Gasteiger partial charge on any atom is -0.396 e. The third-order valence-corrected chi connectivity index (χ3v) is 2.45. The van der Waals surface area contributed by atoms with Crippen molar-refractivity contribution in [2.24, 2.45) is 0 Å². The van der Waals surface area contributed by atoms with Crippen LogP contribution in [0.15, 0.2) is 22.7 Å². The van der Waals surface area contributed by atoms with Gasteiger partial charge in [0.15, 0.2) is 0 Å². The summed E-state index contributed by atoms with van der Waals surface area (Å²) in [6.45, 7) is -0.0497. The molecule has 1 aromatic rings. The summed E-state index contributed by atoms with van der Waals surface area (Å²) in [6, 6.07) is 4.46. The Labute approximate surface area is 95.4 Å². The van der Waals surface area contributed by atoms with E-state index < -0.39 is 5.82 Å². The Kier molecular flexibility index (Phi) is 4.71. The van der Waals surface area contributed by atoms with Crippen LogP contribution in [0.3, 0.4) is 0 Å². The first-order valence-corrected chi connectivity index (χ1v) is 5.29. The third kappa shape index (κ3) is 3.60. The summed E-state index contributed by atoms with van der Waals surface area (Å²) in [5, 5.41) is 11.0. The van der Waals surface area contributed by atoms with E-state index >= 15 is 0 Å². The number of benzene rings is 1. The van der Waals surface area contributed by atoms with Gasteiger partial charge in [0.05, 0.1) is 5.69 Å². The summed E-state index contributed by atoms with van der Waals surface area (Å²) >= 11 is 3.14. The highest BCUT2D eigenvalue weighted by molar-refractivity contribution is 9.10. The number of halogens is 2. The van der Waals surface area contributed by atoms with Gasteiger partial charge in [0, 0.05) is 17.5 Å². The molecule has 82 valence electrons. The lowest BCUT2D eigenvalue weighted by atomic mass is 10.2. The number of nitrogens with one attached hydrogen (secondary N) is 1. The molecule has 1 aromatic carbocycles. The molecule has 1 amide bonds. The second kappa shape index (κ2) is 5.82. The van der Waals surface area contributed by atoms with E-state index in [4.69, 9.17) is 5.11 Å². The number of carbonyl (C=O) groups excluding carboxylic acids is 1. The minimum absolute atomic E-state index is 0.0497. The van der Waals surface area contributed by atoms with Crippen LogP contribution in [0.25, 0.3) is 0 Å². The molecule has 3 nitrogen and oxygen atoms in total. The van der Waals surface area contributed by atoms with Crippen molar-refractivity contribution in [3.63, 3.8) is 0 Å². The van der Waals surface area contributed by atoms with Gasteiger partial charge in [0.1, 0.15) is 5.82 Å². The molecule has 0 saturated carbocycles. The van der Waals surface area contributed by atoms with Gasteiger partial charge in [-0.05, 0) is 34.5 Å². The lowest BCUT2D eigenvalue weighted by molar-refractivity contribution is -0.116. The topological polar surface area (TPSA) is 49.3 Å². The maximum Gasteiger partial charge on any atom is 0.224 e. The molecule has 0 aliphatic carbocycles. The molecular formula is C10H11BrFNO2. The van der Waals surface area contributed by atoms with Crippen LogP contribution in [0.4, 0.5) is 10.1 Å². The summed E-state index contributed by atoms with van der Waals surface area (Å²) in [5.41, 5.74) is 0.139. The summed E-state index contributed by atoms with van der Waals surface area (Å²) in [6.07, 6.45) is 0.551. The standard InChI is InChI=1S/C10H11BrFNO2/c11-7-3-1-4-8(12)10(7)13-9(15)5-2-6-14/h1,3-4,14H,2,5-6H2,(H,13,15). The summed E-state index contributed by atoms with van der Waals surface area (Å²) in [5.74, 6) is -0.795. The highest BCUT2D eigenvalue weighted by Gasteiger charge is 2.09. The Balaban J connectivity index is 2.68. The smallest absolute Gasteiger partial charge is 0.224 e. The molecule has 0 aromatic heterocycles. The first-order valence-electron chi connectivity index (χ1n) is 4.50. The lowest BCUT2D eigenvalue weighted by Crippen LogP contribution is -2.13. The quantitative estimate of drug-likeness (QED) is 0.886. The van der Waals surface area contributed by atoms with Crippen LogP contribution in [0.2, 0.25) is 0 Å². The maximum absolute atomic E-state index is 13.2. The largest absolute Gasteiger partial charge is 0.396 e. The summed E-state index contributed by atoms with van der Waals surface area (Å²) in [4.78, 5) is 11.3. The monoisotopic (exact) mass is 275 g/mol. The van der Waals surface area contributed by atoms with E-state index in [1.807, 2.05) is 0 Å². The fourth-order valence-electron chi connectivity index (χ4n) is 1.06. The SMILES string of the molecule is O=C(CCCO)Nc1c(F)cccc1Br. The predicted octanol–water partition coefficient (Wildman–Crippen LogP) is 2.30. The van der Waals surface area contributed by atoms with Gasteiger partial charge in [-0.2, -0.15) is 0 Å². The van der Waals surface area contributed by atoms with Crippen LogP contribution in [0.1, 0.15) is 12.8 Å². The van der Waals surface area contributed by atoms with Crippen molar-refractivity contribution in [3.8, 4) is 0 Å². The number of carbonyl (C=O) groups is 1. The van der Waals surface area contributed by atoms with Crippen LogP contribution in [0, 0.1) is 5.82 Å². The van der Waals surface area contributed by atoms with Gasteiger partial charge < -0.3 is 10.4 Å². The number of rotatable bonds is 4. The van der Waals surface area contributed by atoms with E-state index in [1.54, 1.807) is 12.1 Å². The molecule has 2 N–H and O–H groups in total. The second-order valence-electron chi connectivity index (χ2n) is 2.97. The van der Waals surface area contributed by atoms with Gasteiger partial charge >= 0.3 is 0 Å². The molecule has 0 atom stereocenters. The number of amides is 1. The molecule has 0 aliphatic heterocycles. The van der Waals surface area contributed by atoms with E-state index in [-0.39, 0.29) is 24.6 Å². The first-order chi connectivity index (χ1) is 7.15. The zero-order valence-electron chi connectivity index (χ0n) is 7.96. The predicted molar refractivity (Wildman–Crippen MR) is 59.0 cm³/mol. The molecule has 5 heteroatoms. The van der Waals surface area contributed by atoms with Crippen LogP contribution < -0.4 is 5.32 Å². The molecule has 0 aliphatic rings. The summed E-state index contributed by atoms with van der Waals surface area (Å²) < 4.78 is 13.7. The van der Waals surface area contributed by atoms with Gasteiger partial charge in [-0.1, -0.05) is 6.07 Å². The Morgan fingerprint density at radius 1 is 1.53 bits per heavy atom. The molecule has 0 radical (unpaired) electrons. The zero-order chi connectivity index (χ0) is 11.3. The fourth-order valence-corrected chi connectivity index (χ4v) is 1.50. The fraction of sp³-hybridized carbons (Fsp3) is 0.300. The van der Waals surface area contributed by atoms with Crippen molar-refractivity contribution in [2.75, 3.05) is 11.9 Å². The van der Waals surface area contributed by atoms with Crippen molar-refractivity contribution in [1.29, 1.82) is 0 Å². The minimum atomic E-state index is -0.485. The second-order valence-corrected chi connectivity index (χ2v) is 3.83. The zero-order valence-corrected chi connectivity index (χ0v) is 9.55. The summed E-state index contributed by atoms with van der Waals surface area (Å²) in [7, 11) is 0. The number of para-hydroxylation sites is 1. The molecule has 0 bridgehead atoms. The molecule has 0 unspecified atom stereocenters. The molecule has 15 heavy (non-hydrogen) atoms. The Morgan fingerprint density at radius 3 is 2.87 bits per heavy atom. The average Bonchev–Trinajstić information content (AvgIpc) is 2.21. The molecule has 0 spiro atoms. The van der Waals surface area contributed by atoms with E-state index in [0.29, 0.717) is 10.9 Å². The average molecular weight is 276 g/mol. The van der Waals surface area contributed by atoms with Crippen LogP contribution in [-0.4, -0.2) is 17.6 Å². The molecule has 0 heterocycles. The third-order valence-electron chi connectivity index (χ3n) is 1.79. The van der Waals surface area contributed by atoms with Crippen molar-refractivity contribution in [3.05, 3.63) is 28.5 Å². The van der Waals surface area contributed by atoms with E-state index in [9.17, 15) is 9.18 Å². The molecular weight excluding hydrogens is 265 g/mol. The Bertz CT molecular complexity index is 337. The van der Waals surface area contributed by atoms with Crippen LogP contribution in [-0.2, 0) is 4.79 Å². The first kappa shape index (κ1) is 12.1. The van der Waals surface area contributed by atoms with Gasteiger partial charge in [0.2, 0.25) is 5.91 Å². The van der Waals surface area contributed by atoms with Gasteiger partial charge in [-0.3, -0.25) is 4.79 Å². The van der Waals surface area contributed by atoms with Crippen molar-refractivity contribution >= 4 is 27.5 Å². The van der Waals surface area contributed by atoms with Crippen LogP contribution in [0.5, 0.6) is 0 Å². The van der Waals surface area contributed by atoms with Crippen molar-refractivity contribution in [2.45, 2.75) is 12.8 Å². The number of aliphatic hydroxyl groups is 1. The number of anilines is 1. The normalized spacial score (nSPS) is 10.1. The van der Waals surface area contributed by atoms with Gasteiger partial charge in [-0.25, -0.2) is 4.39 Å². The number of hydrogen-bond acceptors (Lipinski definition) is 2. The highest BCUT2D eigenvalue weighted by atomic mass is 79.9. The molecule has 1 rings (SSSR count). The lowest BCUT2D eigenvalue weighted by Gasteiger charge is -2.07. The molecule has 0 fully saturated rings. The van der Waals surface area contributed by atoms with Gasteiger partial charge in [0.25, 0.3) is 0 Å². The van der Waals surface area contributed by atoms with E-state index in [1.165, 1.54) is 6.07 Å². The Hall–Kier alpha value is -0.940. The highest BCUT2D eigenvalue weighted by Crippen LogP contribution is 2.25.